The first kappa shape index (κ1) is 12.6. The molecule has 18 heavy (non-hydrogen) atoms. The molecule has 0 saturated carbocycles. The zero-order valence-electron chi connectivity index (χ0n) is 11.0. The van der Waals surface area contributed by atoms with E-state index in [1.165, 1.54) is 5.56 Å². The molecule has 0 saturated heterocycles. The molecule has 1 N–H and O–H groups in total. The minimum absolute atomic E-state index is 0.167. The predicted molar refractivity (Wildman–Crippen MR) is 71.0 cm³/mol. The van der Waals surface area contributed by atoms with Gasteiger partial charge in [0.05, 0.1) is 17.1 Å². The van der Waals surface area contributed by atoms with Crippen molar-refractivity contribution in [2.45, 2.75) is 33.4 Å². The van der Waals surface area contributed by atoms with Crippen LogP contribution in [0.5, 0.6) is 0 Å². The highest BCUT2D eigenvalue weighted by Gasteiger charge is 2.10. The molecule has 0 fully saturated rings. The number of hydrogen-bond acceptors (Lipinski definition) is 4. The summed E-state index contributed by atoms with van der Waals surface area (Å²) in [6.45, 7) is 6.88. The van der Waals surface area contributed by atoms with Gasteiger partial charge < -0.3 is 5.32 Å². The summed E-state index contributed by atoms with van der Waals surface area (Å²) in [5.41, 5.74) is 4.24. The van der Waals surface area contributed by atoms with Crippen LogP contribution < -0.4 is 5.32 Å². The minimum Gasteiger partial charge on any atom is -0.303 e. The zero-order chi connectivity index (χ0) is 13.0. The quantitative estimate of drug-likeness (QED) is 0.894. The Labute approximate surface area is 108 Å². The van der Waals surface area contributed by atoms with Crippen molar-refractivity contribution in [3.63, 3.8) is 0 Å². The Kier molecular flexibility index (Phi) is 3.99. The molecule has 0 aromatic carbocycles. The molecule has 0 bridgehead atoms. The normalized spacial score (nSPS) is 12.4. The van der Waals surface area contributed by atoms with Crippen molar-refractivity contribution in [3.05, 3.63) is 53.4 Å². The van der Waals surface area contributed by atoms with Gasteiger partial charge >= 0.3 is 0 Å². The van der Waals surface area contributed by atoms with Gasteiger partial charge in [-0.1, -0.05) is 6.07 Å². The van der Waals surface area contributed by atoms with Crippen LogP contribution in [0.1, 0.15) is 35.6 Å². The standard InChI is InChI=1S/C14H18N4/c1-10-5-4-6-16-13(10)9-18-12(3)14-11(2)15-7-8-17-14/h4-8,12,18H,9H2,1-3H3. The lowest BCUT2D eigenvalue weighted by molar-refractivity contribution is 0.548. The van der Waals surface area contributed by atoms with Crippen LogP contribution in [0.3, 0.4) is 0 Å². The van der Waals surface area contributed by atoms with Gasteiger partial charge in [-0.2, -0.15) is 0 Å². The molecule has 0 aliphatic rings. The Morgan fingerprint density at radius 3 is 2.61 bits per heavy atom. The summed E-state index contributed by atoms with van der Waals surface area (Å²) >= 11 is 0. The van der Waals surface area contributed by atoms with Crippen LogP contribution in [-0.4, -0.2) is 15.0 Å². The molecular weight excluding hydrogens is 224 g/mol. The lowest BCUT2D eigenvalue weighted by Crippen LogP contribution is -2.21. The molecule has 0 aliphatic heterocycles. The zero-order valence-corrected chi connectivity index (χ0v) is 11.0. The fourth-order valence-corrected chi connectivity index (χ4v) is 1.89. The van der Waals surface area contributed by atoms with Gasteiger partial charge in [-0.25, -0.2) is 0 Å². The van der Waals surface area contributed by atoms with Gasteiger partial charge in [0, 0.05) is 31.2 Å². The summed E-state index contributed by atoms with van der Waals surface area (Å²) in [5.74, 6) is 0. The Morgan fingerprint density at radius 2 is 1.89 bits per heavy atom. The molecule has 4 nitrogen and oxygen atoms in total. The Hall–Kier alpha value is -1.81. The molecule has 0 radical (unpaired) electrons. The summed E-state index contributed by atoms with van der Waals surface area (Å²) in [5, 5.41) is 3.43. The van der Waals surface area contributed by atoms with Gasteiger partial charge in [-0.3, -0.25) is 15.0 Å². The van der Waals surface area contributed by atoms with Crippen molar-refractivity contribution >= 4 is 0 Å². The monoisotopic (exact) mass is 242 g/mol. The van der Waals surface area contributed by atoms with Gasteiger partial charge in [0.15, 0.2) is 0 Å². The smallest absolute Gasteiger partial charge is 0.0782 e. The van der Waals surface area contributed by atoms with E-state index >= 15 is 0 Å². The summed E-state index contributed by atoms with van der Waals surface area (Å²) in [6.07, 6.45) is 5.27. The van der Waals surface area contributed by atoms with E-state index in [1.807, 2.05) is 19.2 Å². The molecule has 4 heteroatoms. The van der Waals surface area contributed by atoms with Crippen molar-refractivity contribution in [3.8, 4) is 0 Å². The maximum atomic E-state index is 4.37. The van der Waals surface area contributed by atoms with Crippen LogP contribution >= 0.6 is 0 Å². The van der Waals surface area contributed by atoms with Gasteiger partial charge in [-0.05, 0) is 32.4 Å². The molecule has 2 heterocycles. The van der Waals surface area contributed by atoms with E-state index in [9.17, 15) is 0 Å². The average molecular weight is 242 g/mol. The molecule has 1 atom stereocenters. The van der Waals surface area contributed by atoms with E-state index in [0.29, 0.717) is 0 Å². The lowest BCUT2D eigenvalue weighted by Gasteiger charge is -2.15. The van der Waals surface area contributed by atoms with Crippen LogP contribution in [0.4, 0.5) is 0 Å². The van der Waals surface area contributed by atoms with Gasteiger partial charge in [0.25, 0.3) is 0 Å². The first-order valence-corrected chi connectivity index (χ1v) is 6.10. The Bertz CT molecular complexity index is 525. The first-order valence-electron chi connectivity index (χ1n) is 6.10. The third-order valence-corrected chi connectivity index (χ3v) is 3.02. The van der Waals surface area contributed by atoms with E-state index in [2.05, 4.69) is 40.2 Å². The van der Waals surface area contributed by atoms with Crippen molar-refractivity contribution in [2.24, 2.45) is 0 Å². The van der Waals surface area contributed by atoms with Crippen molar-refractivity contribution in [2.75, 3.05) is 0 Å². The number of aryl methyl sites for hydroxylation is 2. The van der Waals surface area contributed by atoms with E-state index in [1.54, 1.807) is 12.4 Å². The van der Waals surface area contributed by atoms with E-state index < -0.39 is 0 Å². The number of aromatic nitrogens is 3. The van der Waals surface area contributed by atoms with E-state index in [0.717, 1.165) is 23.6 Å². The minimum atomic E-state index is 0.167. The predicted octanol–water partition coefficient (Wildman–Crippen LogP) is 2.34. The fraction of sp³-hybridized carbons (Fsp3) is 0.357. The van der Waals surface area contributed by atoms with Crippen LogP contribution in [0.15, 0.2) is 30.7 Å². The van der Waals surface area contributed by atoms with E-state index in [4.69, 9.17) is 0 Å². The average Bonchev–Trinajstić information content (AvgIpc) is 2.38. The highest BCUT2D eigenvalue weighted by atomic mass is 15.0. The molecule has 0 aliphatic carbocycles. The second-order valence-electron chi connectivity index (χ2n) is 4.40. The summed E-state index contributed by atoms with van der Waals surface area (Å²) in [4.78, 5) is 13.0. The number of nitrogens with zero attached hydrogens (tertiary/aromatic N) is 3. The maximum Gasteiger partial charge on any atom is 0.0782 e. The second kappa shape index (κ2) is 5.69. The lowest BCUT2D eigenvalue weighted by atomic mass is 10.1. The molecule has 1 unspecified atom stereocenters. The highest BCUT2D eigenvalue weighted by Crippen LogP contribution is 2.13. The topological polar surface area (TPSA) is 50.7 Å². The number of hydrogen-bond donors (Lipinski definition) is 1. The Morgan fingerprint density at radius 1 is 1.11 bits per heavy atom. The van der Waals surface area contributed by atoms with Crippen molar-refractivity contribution in [1.82, 2.24) is 20.3 Å². The fourth-order valence-electron chi connectivity index (χ4n) is 1.89. The van der Waals surface area contributed by atoms with Gasteiger partial charge in [0.1, 0.15) is 0 Å². The molecule has 2 aromatic heterocycles. The van der Waals surface area contributed by atoms with Crippen LogP contribution in [0, 0.1) is 13.8 Å². The van der Waals surface area contributed by atoms with Gasteiger partial charge in [0.2, 0.25) is 0 Å². The molecule has 94 valence electrons. The van der Waals surface area contributed by atoms with Crippen LogP contribution in [0.2, 0.25) is 0 Å². The Balaban J connectivity index is 2.03. The number of pyridine rings is 1. The van der Waals surface area contributed by atoms with Crippen LogP contribution in [-0.2, 0) is 6.54 Å². The first-order chi connectivity index (χ1) is 8.68. The second-order valence-corrected chi connectivity index (χ2v) is 4.40. The van der Waals surface area contributed by atoms with Crippen molar-refractivity contribution < 1.29 is 0 Å². The van der Waals surface area contributed by atoms with Crippen LogP contribution in [0.25, 0.3) is 0 Å². The number of nitrogens with one attached hydrogen (secondary N) is 1. The molecule has 2 rings (SSSR count). The molecule has 0 spiro atoms. The third-order valence-electron chi connectivity index (χ3n) is 3.02. The molecule has 2 aromatic rings. The van der Waals surface area contributed by atoms with E-state index in [-0.39, 0.29) is 6.04 Å². The summed E-state index contributed by atoms with van der Waals surface area (Å²) in [7, 11) is 0. The highest BCUT2D eigenvalue weighted by molar-refractivity contribution is 5.18. The summed E-state index contributed by atoms with van der Waals surface area (Å²) in [6, 6.07) is 4.19. The number of rotatable bonds is 4. The summed E-state index contributed by atoms with van der Waals surface area (Å²) < 4.78 is 0. The largest absolute Gasteiger partial charge is 0.303 e. The SMILES string of the molecule is Cc1cccnc1CNC(C)c1nccnc1C. The maximum absolute atomic E-state index is 4.37. The molecule has 0 amide bonds. The van der Waals surface area contributed by atoms with Gasteiger partial charge in [-0.15, -0.1) is 0 Å². The molecular formula is C14H18N4. The van der Waals surface area contributed by atoms with Crippen molar-refractivity contribution in [1.29, 1.82) is 0 Å². The third kappa shape index (κ3) is 2.90.